The maximum atomic E-state index is 12.1. The molecule has 1 aliphatic rings. The van der Waals surface area contributed by atoms with E-state index in [0.29, 0.717) is 0 Å². The molecule has 5 heteroatoms. The SMILES string of the molecule is Cc1cccc(-n2ccnc2S[C@@H]2CCCCNC2=O)c1C. The van der Waals surface area contributed by atoms with E-state index in [0.717, 1.165) is 36.7 Å². The van der Waals surface area contributed by atoms with Crippen molar-refractivity contribution in [2.45, 2.75) is 43.5 Å². The zero-order valence-corrected chi connectivity index (χ0v) is 13.8. The number of nitrogens with one attached hydrogen (secondary N) is 1. The summed E-state index contributed by atoms with van der Waals surface area (Å²) in [4.78, 5) is 16.6. The number of thioether (sulfide) groups is 1. The van der Waals surface area contributed by atoms with Crippen LogP contribution in [0.25, 0.3) is 5.69 Å². The Morgan fingerprint density at radius 3 is 3.05 bits per heavy atom. The maximum absolute atomic E-state index is 12.1. The highest BCUT2D eigenvalue weighted by Crippen LogP contribution is 2.30. The van der Waals surface area contributed by atoms with Gasteiger partial charge in [-0.3, -0.25) is 9.36 Å². The Bertz CT molecular complexity index is 680. The van der Waals surface area contributed by atoms with Crippen LogP contribution in [0.3, 0.4) is 0 Å². The molecule has 2 heterocycles. The smallest absolute Gasteiger partial charge is 0.233 e. The highest BCUT2D eigenvalue weighted by atomic mass is 32.2. The second-order valence-electron chi connectivity index (χ2n) is 5.69. The summed E-state index contributed by atoms with van der Waals surface area (Å²) >= 11 is 1.57. The molecule has 1 aromatic carbocycles. The van der Waals surface area contributed by atoms with Gasteiger partial charge >= 0.3 is 0 Å². The summed E-state index contributed by atoms with van der Waals surface area (Å²) in [5, 5.41) is 3.83. The van der Waals surface area contributed by atoms with Crippen molar-refractivity contribution in [3.63, 3.8) is 0 Å². The number of nitrogens with zero attached hydrogens (tertiary/aromatic N) is 2. The number of benzene rings is 1. The van der Waals surface area contributed by atoms with Crippen LogP contribution < -0.4 is 5.32 Å². The highest BCUT2D eigenvalue weighted by molar-refractivity contribution is 8.00. The third-order valence-corrected chi connectivity index (χ3v) is 5.42. The van der Waals surface area contributed by atoms with E-state index in [4.69, 9.17) is 0 Å². The monoisotopic (exact) mass is 315 g/mol. The van der Waals surface area contributed by atoms with Gasteiger partial charge < -0.3 is 5.32 Å². The molecule has 1 N–H and O–H groups in total. The van der Waals surface area contributed by atoms with Crippen molar-refractivity contribution in [2.75, 3.05) is 6.54 Å². The molecule has 4 nitrogen and oxygen atoms in total. The Kier molecular flexibility index (Phi) is 4.52. The molecule has 2 aromatic rings. The van der Waals surface area contributed by atoms with E-state index < -0.39 is 0 Å². The van der Waals surface area contributed by atoms with E-state index >= 15 is 0 Å². The van der Waals surface area contributed by atoms with Gasteiger partial charge in [0.1, 0.15) is 0 Å². The van der Waals surface area contributed by atoms with Crippen LogP contribution in [0.15, 0.2) is 35.7 Å². The van der Waals surface area contributed by atoms with Crippen molar-refractivity contribution in [2.24, 2.45) is 0 Å². The number of amides is 1. The lowest BCUT2D eigenvalue weighted by Crippen LogP contribution is -2.30. The normalized spacial score (nSPS) is 18.8. The standard InChI is InChI=1S/C17H21N3OS/c1-12-6-5-7-14(13(12)2)20-11-10-19-17(20)22-15-8-3-4-9-18-16(15)21/h5-7,10-11,15H,3-4,8-9H2,1-2H3,(H,18,21)/t15-/m1/s1. The van der Waals surface area contributed by atoms with Crippen LogP contribution in [-0.4, -0.2) is 27.3 Å². The van der Waals surface area contributed by atoms with E-state index in [1.54, 1.807) is 18.0 Å². The van der Waals surface area contributed by atoms with Crippen LogP contribution in [0.2, 0.25) is 0 Å². The van der Waals surface area contributed by atoms with E-state index in [9.17, 15) is 4.79 Å². The van der Waals surface area contributed by atoms with Gasteiger partial charge in [-0.25, -0.2) is 4.98 Å². The van der Waals surface area contributed by atoms with Crippen molar-refractivity contribution in [3.05, 3.63) is 41.7 Å². The summed E-state index contributed by atoms with van der Waals surface area (Å²) in [5.41, 5.74) is 3.64. The minimum absolute atomic E-state index is 0.0474. The molecule has 0 unspecified atom stereocenters. The molecule has 0 saturated carbocycles. The van der Waals surface area contributed by atoms with Crippen molar-refractivity contribution < 1.29 is 4.79 Å². The van der Waals surface area contributed by atoms with Gasteiger partial charge in [0, 0.05) is 18.9 Å². The van der Waals surface area contributed by atoms with Gasteiger partial charge in [-0.05, 0) is 43.9 Å². The molecule has 1 atom stereocenters. The fourth-order valence-corrected chi connectivity index (χ4v) is 3.83. The Morgan fingerprint density at radius 2 is 2.18 bits per heavy atom. The lowest BCUT2D eigenvalue weighted by Gasteiger charge is -2.15. The van der Waals surface area contributed by atoms with E-state index in [1.165, 1.54) is 11.1 Å². The van der Waals surface area contributed by atoms with E-state index in [-0.39, 0.29) is 11.2 Å². The van der Waals surface area contributed by atoms with Gasteiger partial charge in [0.2, 0.25) is 5.91 Å². The Hall–Kier alpha value is -1.75. The van der Waals surface area contributed by atoms with Gasteiger partial charge in [0.05, 0.1) is 10.9 Å². The molecule has 1 fully saturated rings. The third kappa shape index (κ3) is 3.04. The highest BCUT2D eigenvalue weighted by Gasteiger charge is 2.24. The molecule has 0 aliphatic carbocycles. The van der Waals surface area contributed by atoms with Crippen LogP contribution in [-0.2, 0) is 4.79 Å². The number of imidazole rings is 1. The zero-order valence-electron chi connectivity index (χ0n) is 13.0. The zero-order chi connectivity index (χ0) is 15.5. The second kappa shape index (κ2) is 6.57. The fraction of sp³-hybridized carbons (Fsp3) is 0.412. The van der Waals surface area contributed by atoms with Crippen LogP contribution in [0.5, 0.6) is 0 Å². The van der Waals surface area contributed by atoms with Gasteiger partial charge in [-0.1, -0.05) is 30.3 Å². The molecule has 1 aliphatic heterocycles. The first kappa shape index (κ1) is 15.2. The van der Waals surface area contributed by atoms with E-state index in [2.05, 4.69) is 46.9 Å². The first-order valence-corrected chi connectivity index (χ1v) is 8.59. The average Bonchev–Trinajstić information content (AvgIpc) is 2.86. The molecule has 116 valence electrons. The third-order valence-electron chi connectivity index (χ3n) is 4.17. The van der Waals surface area contributed by atoms with Crippen LogP contribution in [0, 0.1) is 13.8 Å². The Balaban J connectivity index is 1.89. The quantitative estimate of drug-likeness (QED) is 0.946. The summed E-state index contributed by atoms with van der Waals surface area (Å²) < 4.78 is 2.09. The number of rotatable bonds is 3. The maximum Gasteiger partial charge on any atom is 0.233 e. The lowest BCUT2D eigenvalue weighted by atomic mass is 10.1. The molecule has 0 bridgehead atoms. The first-order valence-electron chi connectivity index (χ1n) is 7.71. The summed E-state index contributed by atoms with van der Waals surface area (Å²) in [6, 6.07) is 6.27. The fourth-order valence-electron chi connectivity index (χ4n) is 2.71. The topological polar surface area (TPSA) is 46.9 Å². The van der Waals surface area contributed by atoms with Gasteiger partial charge in [0.15, 0.2) is 5.16 Å². The number of hydrogen-bond donors (Lipinski definition) is 1. The van der Waals surface area contributed by atoms with Crippen LogP contribution in [0.1, 0.15) is 30.4 Å². The van der Waals surface area contributed by atoms with Crippen molar-refractivity contribution in [3.8, 4) is 5.69 Å². The van der Waals surface area contributed by atoms with Gasteiger partial charge in [0.25, 0.3) is 0 Å². The summed E-state index contributed by atoms with van der Waals surface area (Å²) in [6.07, 6.45) is 6.84. The second-order valence-corrected chi connectivity index (χ2v) is 6.86. The van der Waals surface area contributed by atoms with Crippen molar-refractivity contribution in [1.82, 2.24) is 14.9 Å². The predicted molar refractivity (Wildman–Crippen MR) is 89.5 cm³/mol. The van der Waals surface area contributed by atoms with Crippen LogP contribution >= 0.6 is 11.8 Å². The molecule has 1 amide bonds. The molecular weight excluding hydrogens is 294 g/mol. The average molecular weight is 315 g/mol. The Morgan fingerprint density at radius 1 is 1.32 bits per heavy atom. The van der Waals surface area contributed by atoms with Gasteiger partial charge in [-0.2, -0.15) is 0 Å². The number of carbonyl (C=O) groups is 1. The molecule has 1 saturated heterocycles. The molecule has 22 heavy (non-hydrogen) atoms. The molecule has 0 radical (unpaired) electrons. The van der Waals surface area contributed by atoms with Crippen molar-refractivity contribution >= 4 is 17.7 Å². The number of hydrogen-bond acceptors (Lipinski definition) is 3. The first-order chi connectivity index (χ1) is 10.7. The summed E-state index contributed by atoms with van der Waals surface area (Å²) in [5.74, 6) is 0.137. The minimum Gasteiger partial charge on any atom is -0.355 e. The lowest BCUT2D eigenvalue weighted by molar-refractivity contribution is -0.120. The minimum atomic E-state index is -0.0474. The van der Waals surface area contributed by atoms with Crippen molar-refractivity contribution in [1.29, 1.82) is 0 Å². The molecule has 3 rings (SSSR count). The molecule has 1 aromatic heterocycles. The van der Waals surface area contributed by atoms with Gasteiger partial charge in [-0.15, -0.1) is 0 Å². The largest absolute Gasteiger partial charge is 0.355 e. The summed E-state index contributed by atoms with van der Waals surface area (Å²) in [7, 11) is 0. The molecule has 0 spiro atoms. The summed E-state index contributed by atoms with van der Waals surface area (Å²) in [6.45, 7) is 5.03. The number of aromatic nitrogens is 2. The number of aryl methyl sites for hydroxylation is 1. The molecular formula is C17H21N3OS. The number of carbonyl (C=O) groups excluding carboxylic acids is 1. The van der Waals surface area contributed by atoms with E-state index in [1.807, 2.05) is 6.20 Å². The predicted octanol–water partition coefficient (Wildman–Crippen LogP) is 3.25. The Labute approximate surface area is 135 Å². The van der Waals surface area contributed by atoms with Crippen LogP contribution in [0.4, 0.5) is 0 Å².